The van der Waals surface area contributed by atoms with Crippen molar-refractivity contribution in [3.8, 4) is 0 Å². The van der Waals surface area contributed by atoms with Crippen molar-refractivity contribution in [3.63, 3.8) is 0 Å². The highest BCUT2D eigenvalue weighted by atomic mass is 16.1. The lowest BCUT2D eigenvalue weighted by molar-refractivity contribution is -0.119. The lowest BCUT2D eigenvalue weighted by Gasteiger charge is -2.41. The van der Waals surface area contributed by atoms with E-state index in [9.17, 15) is 4.79 Å². The van der Waals surface area contributed by atoms with Crippen molar-refractivity contribution in [1.82, 2.24) is 9.80 Å². The van der Waals surface area contributed by atoms with Crippen molar-refractivity contribution in [2.45, 2.75) is 50.7 Å². The molecule has 5 nitrogen and oxygen atoms in total. The third kappa shape index (κ3) is 3.53. The van der Waals surface area contributed by atoms with E-state index in [0.29, 0.717) is 12.6 Å². The van der Waals surface area contributed by atoms with Crippen LogP contribution in [0.3, 0.4) is 0 Å². The fourth-order valence-electron chi connectivity index (χ4n) is 5.16. The minimum Gasteiger partial charge on any atom is -0.382 e. The van der Waals surface area contributed by atoms with Crippen LogP contribution in [0.5, 0.6) is 0 Å². The van der Waals surface area contributed by atoms with E-state index in [1.807, 2.05) is 0 Å². The largest absolute Gasteiger partial charge is 0.382 e. The number of nitrogens with two attached hydrogens (primary N) is 1. The quantitative estimate of drug-likeness (QED) is 0.876. The Balaban J connectivity index is 1.46. The molecule has 136 valence electrons. The molecule has 1 aromatic rings. The van der Waals surface area contributed by atoms with Gasteiger partial charge < -0.3 is 16.0 Å². The Morgan fingerprint density at radius 1 is 1.24 bits per heavy atom. The molecule has 0 bridgehead atoms. The molecule has 25 heavy (non-hydrogen) atoms. The smallest absolute Gasteiger partial charge is 0.231 e. The van der Waals surface area contributed by atoms with Gasteiger partial charge in [-0.1, -0.05) is 12.5 Å². The minimum absolute atomic E-state index is 0.240. The molecule has 3 aliphatic rings. The van der Waals surface area contributed by atoms with E-state index in [4.69, 9.17) is 5.73 Å². The summed E-state index contributed by atoms with van der Waals surface area (Å²) in [5.74, 6) is 0.539. The average Bonchev–Trinajstić information content (AvgIpc) is 3.07. The first-order valence-corrected chi connectivity index (χ1v) is 9.69. The van der Waals surface area contributed by atoms with E-state index in [2.05, 4.69) is 40.4 Å². The molecule has 5 heteroatoms. The molecule has 1 aliphatic carbocycles. The summed E-state index contributed by atoms with van der Waals surface area (Å²) in [5, 5.41) is 3.84. The van der Waals surface area contributed by atoms with E-state index >= 15 is 0 Å². The third-order valence-corrected chi connectivity index (χ3v) is 6.44. The number of nitrogens with zero attached hydrogens (tertiary/aromatic N) is 2. The zero-order valence-corrected chi connectivity index (χ0v) is 15.2. The van der Waals surface area contributed by atoms with E-state index < -0.39 is 0 Å². The minimum atomic E-state index is -0.240. The van der Waals surface area contributed by atoms with Gasteiger partial charge in [0.05, 0.1) is 6.54 Å². The van der Waals surface area contributed by atoms with Gasteiger partial charge in [-0.3, -0.25) is 9.69 Å². The molecule has 2 fully saturated rings. The number of piperidine rings is 1. The maximum Gasteiger partial charge on any atom is 0.231 e. The highest BCUT2D eigenvalue weighted by molar-refractivity contribution is 5.76. The second-order valence-corrected chi connectivity index (χ2v) is 8.09. The van der Waals surface area contributed by atoms with Gasteiger partial charge in [0.15, 0.2) is 0 Å². The first kappa shape index (κ1) is 16.9. The van der Waals surface area contributed by atoms with Crippen LogP contribution >= 0.6 is 0 Å². The number of carbonyl (C=O) groups is 1. The number of hydrogen-bond donors (Lipinski definition) is 2. The van der Waals surface area contributed by atoms with Gasteiger partial charge in [0, 0.05) is 37.4 Å². The maximum atomic E-state index is 11.2. The van der Waals surface area contributed by atoms with Crippen LogP contribution in [0.2, 0.25) is 0 Å². The van der Waals surface area contributed by atoms with Crippen LogP contribution in [-0.2, 0) is 17.8 Å². The highest BCUT2D eigenvalue weighted by Crippen LogP contribution is 2.37. The van der Waals surface area contributed by atoms with Gasteiger partial charge >= 0.3 is 0 Å². The summed E-state index contributed by atoms with van der Waals surface area (Å²) in [7, 11) is 2.28. The fourth-order valence-corrected chi connectivity index (χ4v) is 5.16. The number of fused-ring (bicyclic) bond motifs is 2. The summed E-state index contributed by atoms with van der Waals surface area (Å²) in [6, 6.07) is 8.15. The monoisotopic (exact) mass is 342 g/mol. The highest BCUT2D eigenvalue weighted by Gasteiger charge is 2.39. The molecule has 3 N–H and O–H groups in total. The van der Waals surface area contributed by atoms with Gasteiger partial charge in [-0.05, 0) is 61.9 Å². The summed E-state index contributed by atoms with van der Waals surface area (Å²) in [4.78, 5) is 15.9. The molecule has 0 aromatic heterocycles. The first-order valence-electron chi connectivity index (χ1n) is 9.69. The number of anilines is 1. The molecule has 0 spiro atoms. The molecule has 2 aliphatic heterocycles. The average molecular weight is 342 g/mol. The zero-order chi connectivity index (χ0) is 17.4. The normalized spacial score (nSPS) is 29.9. The number of rotatable bonds is 4. The topological polar surface area (TPSA) is 61.6 Å². The maximum absolute atomic E-state index is 11.2. The van der Waals surface area contributed by atoms with Gasteiger partial charge in [-0.25, -0.2) is 0 Å². The predicted molar refractivity (Wildman–Crippen MR) is 100 cm³/mol. The lowest BCUT2D eigenvalue weighted by atomic mass is 9.87. The van der Waals surface area contributed by atoms with Gasteiger partial charge in [0.2, 0.25) is 5.91 Å². The number of carbonyl (C=O) groups excluding carboxylic acids is 1. The van der Waals surface area contributed by atoms with Crippen LogP contribution in [0, 0.1) is 5.92 Å². The van der Waals surface area contributed by atoms with Crippen LogP contribution in [0.1, 0.15) is 36.8 Å². The Morgan fingerprint density at radius 3 is 2.96 bits per heavy atom. The zero-order valence-electron chi connectivity index (χ0n) is 15.2. The first-order chi connectivity index (χ1) is 12.1. The SMILES string of the molecule is CN1CC[C@H](Nc2ccc3c(c2)CN(CC(N)=O)CC3)[C@H]2CCC[C@@H]21. The van der Waals surface area contributed by atoms with Crippen LogP contribution in [0.15, 0.2) is 18.2 Å². The lowest BCUT2D eigenvalue weighted by Crippen LogP contribution is -2.49. The molecule has 0 radical (unpaired) electrons. The van der Waals surface area contributed by atoms with Crippen molar-refractivity contribution >= 4 is 11.6 Å². The Hall–Kier alpha value is -1.59. The van der Waals surface area contributed by atoms with E-state index in [1.165, 1.54) is 49.0 Å². The molecule has 1 saturated carbocycles. The molecule has 0 unspecified atom stereocenters. The number of benzene rings is 1. The summed E-state index contributed by atoms with van der Waals surface area (Å²) < 4.78 is 0. The number of primary amides is 1. The Morgan fingerprint density at radius 2 is 2.12 bits per heavy atom. The Kier molecular flexibility index (Phi) is 4.69. The number of nitrogens with one attached hydrogen (secondary N) is 1. The molecule has 2 heterocycles. The van der Waals surface area contributed by atoms with Crippen LogP contribution in [0.25, 0.3) is 0 Å². The number of hydrogen-bond acceptors (Lipinski definition) is 4. The van der Waals surface area contributed by atoms with Gasteiger partial charge in [-0.2, -0.15) is 0 Å². The van der Waals surface area contributed by atoms with Crippen molar-refractivity contribution in [1.29, 1.82) is 0 Å². The fraction of sp³-hybridized carbons (Fsp3) is 0.650. The molecule has 1 saturated heterocycles. The second kappa shape index (κ2) is 6.96. The molecule has 3 atom stereocenters. The van der Waals surface area contributed by atoms with Crippen LogP contribution in [-0.4, -0.2) is 54.5 Å². The summed E-state index contributed by atoms with van der Waals surface area (Å²) >= 11 is 0. The summed E-state index contributed by atoms with van der Waals surface area (Å²) in [6.45, 7) is 3.29. The Labute approximate surface area is 150 Å². The third-order valence-electron chi connectivity index (χ3n) is 6.44. The summed E-state index contributed by atoms with van der Waals surface area (Å²) in [6.07, 6.45) is 6.30. The number of likely N-dealkylation sites (tertiary alicyclic amines) is 1. The van der Waals surface area contributed by atoms with E-state index in [0.717, 1.165) is 31.5 Å². The van der Waals surface area contributed by atoms with Crippen molar-refractivity contribution in [2.75, 3.05) is 32.0 Å². The summed E-state index contributed by atoms with van der Waals surface area (Å²) in [5.41, 5.74) is 9.35. The standard InChI is InChI=1S/C20H30N4O/c1-23-9-8-18(17-3-2-4-19(17)23)22-16-6-5-14-7-10-24(13-20(21)25)12-15(14)11-16/h5-6,11,17-19,22H,2-4,7-10,12-13H2,1H3,(H2,21,25)/t17-,18+,19+/m1/s1. The molecular formula is C20H30N4O. The Bertz CT molecular complexity index is 647. The molecule has 1 amide bonds. The molecule has 1 aromatic carbocycles. The molecular weight excluding hydrogens is 312 g/mol. The predicted octanol–water partition coefficient (Wildman–Crippen LogP) is 1.81. The van der Waals surface area contributed by atoms with Crippen molar-refractivity contribution in [2.24, 2.45) is 11.7 Å². The van der Waals surface area contributed by atoms with Gasteiger partial charge in [-0.15, -0.1) is 0 Å². The van der Waals surface area contributed by atoms with E-state index in [-0.39, 0.29) is 5.91 Å². The van der Waals surface area contributed by atoms with Crippen molar-refractivity contribution < 1.29 is 4.79 Å². The van der Waals surface area contributed by atoms with Crippen molar-refractivity contribution in [3.05, 3.63) is 29.3 Å². The molecule has 4 rings (SSSR count). The second-order valence-electron chi connectivity index (χ2n) is 8.09. The number of amides is 1. The van der Waals surface area contributed by atoms with Crippen LogP contribution in [0.4, 0.5) is 5.69 Å². The van der Waals surface area contributed by atoms with E-state index in [1.54, 1.807) is 0 Å². The van der Waals surface area contributed by atoms with Gasteiger partial charge in [0.25, 0.3) is 0 Å². The van der Waals surface area contributed by atoms with Crippen LogP contribution < -0.4 is 11.1 Å². The van der Waals surface area contributed by atoms with Gasteiger partial charge in [0.1, 0.15) is 0 Å².